The summed E-state index contributed by atoms with van der Waals surface area (Å²) in [7, 11) is 6.06. The molecule has 2 aromatic carbocycles. The van der Waals surface area contributed by atoms with Gasteiger partial charge >= 0.3 is 0 Å². The van der Waals surface area contributed by atoms with Crippen molar-refractivity contribution in [1.82, 2.24) is 0 Å². The maximum Gasteiger partial charge on any atom is 0.248 e. The third-order valence-electron chi connectivity index (χ3n) is 4.03. The van der Waals surface area contributed by atoms with Gasteiger partial charge in [0, 0.05) is 0 Å². The van der Waals surface area contributed by atoms with Gasteiger partial charge in [-0.3, -0.25) is 4.79 Å². The number of ether oxygens (including phenoxy) is 4. The Labute approximate surface area is 170 Å². The number of hydrogen-bond donors (Lipinski definition) is 2. The molecule has 0 aliphatic carbocycles. The van der Waals surface area contributed by atoms with Gasteiger partial charge in [-0.05, 0) is 48.4 Å². The highest BCUT2D eigenvalue weighted by atomic mass is 16.5. The summed E-state index contributed by atoms with van der Waals surface area (Å²) in [5.41, 5.74) is 1.82. The van der Waals surface area contributed by atoms with Crippen LogP contribution in [0.25, 0.3) is 12.2 Å². The average Bonchev–Trinajstić information content (AvgIpc) is 2.71. The highest BCUT2D eigenvalue weighted by molar-refractivity contribution is 6.01. The molecule has 0 unspecified atom stereocenters. The molecule has 0 bridgehead atoms. The van der Waals surface area contributed by atoms with E-state index in [0.29, 0.717) is 28.5 Å². The molecule has 7 nitrogen and oxygen atoms in total. The summed E-state index contributed by atoms with van der Waals surface area (Å²) in [5.74, 6) is 1.34. The van der Waals surface area contributed by atoms with E-state index in [0.717, 1.165) is 5.56 Å². The summed E-state index contributed by atoms with van der Waals surface area (Å²) < 4.78 is 21.2. The molecule has 2 aromatic rings. The van der Waals surface area contributed by atoms with E-state index in [9.17, 15) is 9.90 Å². The minimum atomic E-state index is -0.323. The van der Waals surface area contributed by atoms with Crippen LogP contribution in [-0.4, -0.2) is 39.5 Å². The predicted octanol–water partition coefficient (Wildman–Crippen LogP) is 4.11. The molecule has 0 saturated heterocycles. The van der Waals surface area contributed by atoms with E-state index in [2.05, 4.69) is 5.32 Å². The second-order valence-corrected chi connectivity index (χ2v) is 5.90. The van der Waals surface area contributed by atoms with Crippen molar-refractivity contribution in [3.8, 4) is 28.7 Å². The van der Waals surface area contributed by atoms with Crippen molar-refractivity contribution >= 4 is 23.7 Å². The Morgan fingerprint density at radius 1 is 0.862 bits per heavy atom. The van der Waals surface area contributed by atoms with E-state index < -0.39 is 0 Å². The number of phenols is 1. The van der Waals surface area contributed by atoms with Crippen molar-refractivity contribution in [2.45, 2.75) is 6.92 Å². The van der Waals surface area contributed by atoms with E-state index in [4.69, 9.17) is 18.9 Å². The van der Waals surface area contributed by atoms with Gasteiger partial charge in [-0.2, -0.15) is 0 Å². The fraction of sp³-hybridized carbons (Fsp3) is 0.227. The van der Waals surface area contributed by atoms with E-state index >= 15 is 0 Å². The molecule has 0 fully saturated rings. The molecular weight excluding hydrogens is 374 g/mol. The summed E-state index contributed by atoms with van der Waals surface area (Å²) in [6.45, 7) is 1.74. The summed E-state index contributed by atoms with van der Waals surface area (Å²) in [6.07, 6.45) is 6.61. The normalized spacial score (nSPS) is 10.9. The molecule has 0 aromatic heterocycles. The highest BCUT2D eigenvalue weighted by Crippen LogP contribution is 2.39. The van der Waals surface area contributed by atoms with Crippen LogP contribution >= 0.6 is 0 Å². The number of hydrogen-bond acceptors (Lipinski definition) is 6. The summed E-state index contributed by atoms with van der Waals surface area (Å²) in [5, 5.41) is 13.0. The van der Waals surface area contributed by atoms with Crippen molar-refractivity contribution < 1.29 is 28.8 Å². The Kier molecular flexibility index (Phi) is 7.54. The summed E-state index contributed by atoms with van der Waals surface area (Å²) >= 11 is 0. The third kappa shape index (κ3) is 5.22. The third-order valence-corrected chi connectivity index (χ3v) is 4.03. The Morgan fingerprint density at radius 2 is 1.41 bits per heavy atom. The van der Waals surface area contributed by atoms with Crippen molar-refractivity contribution in [3.05, 3.63) is 47.5 Å². The van der Waals surface area contributed by atoms with Crippen molar-refractivity contribution in [2.75, 3.05) is 33.8 Å². The van der Waals surface area contributed by atoms with Crippen molar-refractivity contribution in [1.29, 1.82) is 0 Å². The minimum absolute atomic E-state index is 0.0877. The van der Waals surface area contributed by atoms with Gasteiger partial charge in [-0.25, -0.2) is 0 Å². The molecule has 0 heterocycles. The van der Waals surface area contributed by atoms with Gasteiger partial charge in [-0.15, -0.1) is 0 Å². The van der Waals surface area contributed by atoms with Gasteiger partial charge in [0.2, 0.25) is 11.7 Å². The second-order valence-electron chi connectivity index (χ2n) is 5.90. The van der Waals surface area contributed by atoms with Gasteiger partial charge in [0.05, 0.1) is 34.1 Å². The zero-order valence-electron chi connectivity index (χ0n) is 17.1. The number of carbonyl (C=O) groups is 1. The monoisotopic (exact) mass is 399 g/mol. The van der Waals surface area contributed by atoms with E-state index in [1.165, 1.54) is 13.2 Å². The van der Waals surface area contributed by atoms with Gasteiger partial charge in [0.15, 0.2) is 23.0 Å². The second kappa shape index (κ2) is 10.1. The highest BCUT2D eigenvalue weighted by Gasteiger charge is 2.13. The van der Waals surface area contributed by atoms with Crippen LogP contribution in [0.2, 0.25) is 0 Å². The first-order chi connectivity index (χ1) is 14.0. The first-order valence-corrected chi connectivity index (χ1v) is 8.80. The smallest absolute Gasteiger partial charge is 0.248 e. The van der Waals surface area contributed by atoms with Crippen molar-refractivity contribution in [2.24, 2.45) is 0 Å². The number of rotatable bonds is 8. The largest absolute Gasteiger partial charge is 0.504 e. The zero-order chi connectivity index (χ0) is 21.4. The fourth-order valence-corrected chi connectivity index (χ4v) is 2.75. The molecule has 7 heteroatoms. The van der Waals surface area contributed by atoms with Gasteiger partial charge in [-0.1, -0.05) is 18.2 Å². The average molecular weight is 399 g/mol. The maximum atomic E-state index is 11.9. The van der Waals surface area contributed by atoms with Crippen LogP contribution in [0.3, 0.4) is 0 Å². The van der Waals surface area contributed by atoms with Crippen LogP contribution in [0.4, 0.5) is 5.69 Å². The molecule has 0 saturated carbocycles. The molecule has 2 rings (SSSR count). The van der Waals surface area contributed by atoms with Crippen LogP contribution in [0.1, 0.15) is 18.1 Å². The minimum Gasteiger partial charge on any atom is -0.504 e. The first kappa shape index (κ1) is 21.7. The van der Waals surface area contributed by atoms with Crippen LogP contribution in [0.5, 0.6) is 28.7 Å². The van der Waals surface area contributed by atoms with Crippen LogP contribution in [0.15, 0.2) is 36.4 Å². The lowest BCUT2D eigenvalue weighted by Gasteiger charge is -2.13. The quantitative estimate of drug-likeness (QED) is 0.513. The Bertz CT molecular complexity index is 908. The molecule has 29 heavy (non-hydrogen) atoms. The molecule has 0 aliphatic heterocycles. The van der Waals surface area contributed by atoms with E-state index in [1.54, 1.807) is 64.7 Å². The summed E-state index contributed by atoms with van der Waals surface area (Å²) in [6, 6.07) is 6.85. The fourth-order valence-electron chi connectivity index (χ4n) is 2.75. The van der Waals surface area contributed by atoms with E-state index in [-0.39, 0.29) is 17.4 Å². The predicted molar refractivity (Wildman–Crippen MR) is 113 cm³/mol. The Hall–Kier alpha value is -3.61. The molecule has 0 aliphatic rings. The molecule has 0 radical (unpaired) electrons. The Balaban J connectivity index is 2.42. The summed E-state index contributed by atoms with van der Waals surface area (Å²) in [4.78, 5) is 11.9. The lowest BCUT2D eigenvalue weighted by atomic mass is 10.1. The van der Waals surface area contributed by atoms with Crippen LogP contribution < -0.4 is 24.3 Å². The molecule has 0 spiro atoms. The van der Waals surface area contributed by atoms with Gasteiger partial charge < -0.3 is 29.4 Å². The number of aromatic hydroxyl groups is 1. The van der Waals surface area contributed by atoms with Crippen molar-refractivity contribution in [3.63, 3.8) is 0 Å². The standard InChI is InChI=1S/C22H25NO6/c1-6-7-20(25)23-16-10-14(11-17(24)21(16)28-4)8-9-15-12-18(26-2)22(29-5)19(13-15)27-3/h6-13,24H,1-5H3,(H,23,25)/b7-6+,9-8-. The molecule has 1 amide bonds. The first-order valence-electron chi connectivity index (χ1n) is 8.80. The lowest BCUT2D eigenvalue weighted by molar-refractivity contribution is -0.111. The number of allylic oxidation sites excluding steroid dienone is 1. The number of amides is 1. The molecule has 2 N–H and O–H groups in total. The molecule has 0 atom stereocenters. The van der Waals surface area contributed by atoms with Gasteiger partial charge in [0.1, 0.15) is 0 Å². The number of phenolic OH excluding ortho intramolecular Hbond substituents is 1. The Morgan fingerprint density at radius 3 is 1.90 bits per heavy atom. The number of nitrogens with one attached hydrogen (secondary N) is 1. The topological polar surface area (TPSA) is 86.3 Å². The maximum absolute atomic E-state index is 11.9. The lowest BCUT2D eigenvalue weighted by Crippen LogP contribution is -2.09. The molecular formula is C22H25NO6. The zero-order valence-corrected chi connectivity index (χ0v) is 17.1. The molecule has 154 valence electrons. The number of anilines is 1. The number of methoxy groups -OCH3 is 4. The SMILES string of the molecule is C/C=C/C(=O)Nc1cc(/C=C\c2cc(OC)c(OC)c(OC)c2)cc(O)c1OC. The van der Waals surface area contributed by atoms with Crippen LogP contribution in [0, 0.1) is 0 Å². The van der Waals surface area contributed by atoms with E-state index in [1.807, 2.05) is 6.08 Å². The van der Waals surface area contributed by atoms with Crippen LogP contribution in [-0.2, 0) is 4.79 Å². The number of benzene rings is 2. The number of carbonyl (C=O) groups excluding carboxylic acids is 1. The van der Waals surface area contributed by atoms with Gasteiger partial charge in [0.25, 0.3) is 0 Å².